The van der Waals surface area contributed by atoms with E-state index in [-0.39, 0.29) is 11.4 Å². The fourth-order valence-electron chi connectivity index (χ4n) is 2.39. The second kappa shape index (κ2) is 6.17. The van der Waals surface area contributed by atoms with Crippen molar-refractivity contribution >= 4 is 29.6 Å². The molecular formula is C17H11F3N2O4. The van der Waals surface area contributed by atoms with Crippen LogP contribution in [0.25, 0.3) is 6.08 Å². The van der Waals surface area contributed by atoms with Crippen molar-refractivity contribution in [2.24, 2.45) is 0 Å². The second-order valence-corrected chi connectivity index (χ2v) is 5.45. The lowest BCUT2D eigenvalue weighted by Gasteiger charge is -2.26. The Labute approximate surface area is 144 Å². The topological polar surface area (TPSA) is 79.6 Å². The standard InChI is InChI=1S/C17H11F3N2O4/c1-9-5-6-12(26-9)8-13-14(23)21-16(25)22(15(13)24)11-4-2-3-10(7-11)17(18,19)20/h2-8H,1H3,(H,21,23,25)/b13-8+. The summed E-state index contributed by atoms with van der Waals surface area (Å²) in [4.78, 5) is 37.0. The molecule has 2 heterocycles. The number of nitrogens with zero attached hydrogens (tertiary/aromatic N) is 1. The van der Waals surface area contributed by atoms with Gasteiger partial charge in [0, 0.05) is 0 Å². The number of benzene rings is 1. The summed E-state index contributed by atoms with van der Waals surface area (Å²) in [5, 5.41) is 1.93. The van der Waals surface area contributed by atoms with Crippen molar-refractivity contribution in [2.45, 2.75) is 13.1 Å². The molecule has 9 heteroatoms. The third-order valence-electron chi connectivity index (χ3n) is 3.58. The van der Waals surface area contributed by atoms with Crippen LogP contribution in [0.5, 0.6) is 0 Å². The number of rotatable bonds is 2. The maximum absolute atomic E-state index is 12.9. The van der Waals surface area contributed by atoms with E-state index in [1.807, 2.05) is 5.32 Å². The number of furan rings is 1. The van der Waals surface area contributed by atoms with Crippen LogP contribution in [0.4, 0.5) is 23.7 Å². The number of alkyl halides is 3. The van der Waals surface area contributed by atoms with Crippen LogP contribution in [0.2, 0.25) is 0 Å². The van der Waals surface area contributed by atoms with Crippen molar-refractivity contribution in [3.63, 3.8) is 0 Å². The number of hydrogen-bond acceptors (Lipinski definition) is 4. The fraction of sp³-hybridized carbons (Fsp3) is 0.118. The molecule has 0 aliphatic carbocycles. The van der Waals surface area contributed by atoms with Crippen molar-refractivity contribution in [3.8, 4) is 0 Å². The smallest absolute Gasteiger partial charge is 0.416 e. The van der Waals surface area contributed by atoms with Gasteiger partial charge in [-0.1, -0.05) is 6.07 Å². The molecule has 1 aromatic heterocycles. The SMILES string of the molecule is Cc1ccc(/C=C2\C(=O)NC(=O)N(c3cccc(C(F)(F)F)c3)C2=O)o1. The van der Waals surface area contributed by atoms with Crippen molar-refractivity contribution in [2.75, 3.05) is 4.90 Å². The zero-order valence-electron chi connectivity index (χ0n) is 13.3. The zero-order valence-corrected chi connectivity index (χ0v) is 13.3. The highest BCUT2D eigenvalue weighted by Gasteiger charge is 2.38. The molecule has 1 aliphatic rings. The van der Waals surface area contributed by atoms with E-state index in [2.05, 4.69) is 0 Å². The molecule has 0 unspecified atom stereocenters. The highest BCUT2D eigenvalue weighted by molar-refractivity contribution is 6.39. The summed E-state index contributed by atoms with van der Waals surface area (Å²) in [6.07, 6.45) is -3.52. The largest absolute Gasteiger partial charge is 0.462 e. The van der Waals surface area contributed by atoms with Gasteiger partial charge in [-0.3, -0.25) is 14.9 Å². The quantitative estimate of drug-likeness (QED) is 0.655. The van der Waals surface area contributed by atoms with Crippen LogP contribution in [0, 0.1) is 6.92 Å². The van der Waals surface area contributed by atoms with Gasteiger partial charge < -0.3 is 4.42 Å². The first kappa shape index (κ1) is 17.5. The Morgan fingerprint density at radius 1 is 1.12 bits per heavy atom. The van der Waals surface area contributed by atoms with Gasteiger partial charge in [-0.15, -0.1) is 0 Å². The van der Waals surface area contributed by atoms with E-state index >= 15 is 0 Å². The summed E-state index contributed by atoms with van der Waals surface area (Å²) >= 11 is 0. The minimum atomic E-state index is -4.65. The minimum Gasteiger partial charge on any atom is -0.462 e. The van der Waals surface area contributed by atoms with E-state index in [0.29, 0.717) is 16.7 Å². The number of nitrogens with one attached hydrogen (secondary N) is 1. The first-order valence-electron chi connectivity index (χ1n) is 7.32. The van der Waals surface area contributed by atoms with Crippen LogP contribution in [0.15, 0.2) is 46.4 Å². The summed E-state index contributed by atoms with van der Waals surface area (Å²) in [7, 11) is 0. The monoisotopic (exact) mass is 364 g/mol. The fourth-order valence-corrected chi connectivity index (χ4v) is 2.39. The molecule has 0 atom stereocenters. The number of aryl methyl sites for hydroxylation is 1. The summed E-state index contributed by atoms with van der Waals surface area (Å²) < 4.78 is 43.9. The Hall–Kier alpha value is -3.36. The number of imide groups is 2. The molecule has 0 bridgehead atoms. The van der Waals surface area contributed by atoms with E-state index in [4.69, 9.17) is 4.42 Å². The van der Waals surface area contributed by atoms with Gasteiger partial charge >= 0.3 is 12.2 Å². The Kier molecular flexibility index (Phi) is 4.15. The first-order valence-corrected chi connectivity index (χ1v) is 7.32. The molecule has 0 saturated carbocycles. The van der Waals surface area contributed by atoms with Crippen molar-refractivity contribution < 1.29 is 32.0 Å². The number of carbonyl (C=O) groups excluding carboxylic acids is 3. The molecule has 1 N–H and O–H groups in total. The molecule has 26 heavy (non-hydrogen) atoms. The van der Waals surface area contributed by atoms with E-state index in [1.165, 1.54) is 6.07 Å². The third kappa shape index (κ3) is 3.23. The minimum absolute atomic E-state index is 0.194. The number of carbonyl (C=O) groups is 3. The molecule has 0 spiro atoms. The van der Waals surface area contributed by atoms with E-state index in [9.17, 15) is 27.6 Å². The van der Waals surface area contributed by atoms with Gasteiger partial charge in [0.1, 0.15) is 17.1 Å². The predicted molar refractivity (Wildman–Crippen MR) is 83.9 cm³/mol. The van der Waals surface area contributed by atoms with Crippen LogP contribution < -0.4 is 10.2 Å². The lowest BCUT2D eigenvalue weighted by molar-refractivity contribution is -0.137. The van der Waals surface area contributed by atoms with Gasteiger partial charge in [0.15, 0.2) is 0 Å². The van der Waals surface area contributed by atoms with Gasteiger partial charge in [0.25, 0.3) is 11.8 Å². The molecule has 2 aromatic rings. The normalized spacial score (nSPS) is 17.0. The first-order chi connectivity index (χ1) is 12.2. The zero-order chi connectivity index (χ0) is 19.1. The molecule has 4 amide bonds. The molecule has 134 valence electrons. The molecule has 1 fully saturated rings. The van der Waals surface area contributed by atoms with Crippen LogP contribution >= 0.6 is 0 Å². The number of amides is 4. The molecule has 6 nitrogen and oxygen atoms in total. The lowest BCUT2D eigenvalue weighted by atomic mass is 10.1. The summed E-state index contributed by atoms with van der Waals surface area (Å²) in [5.41, 5.74) is -1.77. The van der Waals surface area contributed by atoms with Gasteiger partial charge in [-0.05, 0) is 43.3 Å². The summed E-state index contributed by atoms with van der Waals surface area (Å²) in [6, 6.07) is 5.67. The maximum atomic E-state index is 12.9. The lowest BCUT2D eigenvalue weighted by Crippen LogP contribution is -2.54. The van der Waals surface area contributed by atoms with Gasteiger partial charge in [0.05, 0.1) is 11.3 Å². The number of halogens is 3. The van der Waals surface area contributed by atoms with Crippen molar-refractivity contribution in [1.82, 2.24) is 5.32 Å². The third-order valence-corrected chi connectivity index (χ3v) is 3.58. The van der Waals surface area contributed by atoms with Crippen LogP contribution in [0.1, 0.15) is 17.1 Å². The summed E-state index contributed by atoms with van der Waals surface area (Å²) in [6.45, 7) is 1.66. The molecule has 0 radical (unpaired) electrons. The Morgan fingerprint density at radius 2 is 1.85 bits per heavy atom. The van der Waals surface area contributed by atoms with E-state index in [1.54, 1.807) is 13.0 Å². The molecule has 1 aliphatic heterocycles. The Morgan fingerprint density at radius 3 is 2.46 bits per heavy atom. The molecular weight excluding hydrogens is 353 g/mol. The Balaban J connectivity index is 2.02. The van der Waals surface area contributed by atoms with Gasteiger partial charge in [-0.25, -0.2) is 9.69 Å². The van der Waals surface area contributed by atoms with Crippen LogP contribution in [0.3, 0.4) is 0 Å². The predicted octanol–water partition coefficient (Wildman–Crippen LogP) is 3.27. The van der Waals surface area contributed by atoms with Crippen LogP contribution in [-0.4, -0.2) is 17.8 Å². The number of anilines is 1. The van der Waals surface area contributed by atoms with Crippen molar-refractivity contribution in [1.29, 1.82) is 0 Å². The highest BCUT2D eigenvalue weighted by atomic mass is 19.4. The molecule has 3 rings (SSSR count). The number of urea groups is 1. The Bertz CT molecular complexity index is 943. The van der Waals surface area contributed by atoms with E-state index in [0.717, 1.165) is 24.3 Å². The van der Waals surface area contributed by atoms with Gasteiger partial charge in [0.2, 0.25) is 0 Å². The maximum Gasteiger partial charge on any atom is 0.416 e. The van der Waals surface area contributed by atoms with Gasteiger partial charge in [-0.2, -0.15) is 13.2 Å². The number of hydrogen-bond donors (Lipinski definition) is 1. The highest BCUT2D eigenvalue weighted by Crippen LogP contribution is 2.32. The van der Waals surface area contributed by atoms with Crippen molar-refractivity contribution in [3.05, 3.63) is 59.1 Å². The average Bonchev–Trinajstić information content (AvgIpc) is 2.96. The molecule has 1 saturated heterocycles. The number of barbiturate groups is 1. The summed E-state index contributed by atoms with van der Waals surface area (Å²) in [5.74, 6) is -1.28. The van der Waals surface area contributed by atoms with Crippen LogP contribution in [-0.2, 0) is 15.8 Å². The molecule has 1 aromatic carbocycles. The second-order valence-electron chi connectivity index (χ2n) is 5.45. The van der Waals surface area contributed by atoms with E-state index < -0.39 is 35.2 Å². The average molecular weight is 364 g/mol.